The molecule has 1 aromatic carbocycles. The minimum Gasteiger partial charge on any atom is -0.463 e. The highest BCUT2D eigenvalue weighted by Gasteiger charge is 2.41. The quantitative estimate of drug-likeness (QED) is 0.0945. The normalized spacial score (nSPS) is 21.3. The third-order valence-electron chi connectivity index (χ3n) is 8.30. The fourth-order valence-electron chi connectivity index (χ4n) is 5.72. The number of rotatable bonds is 14. The van der Waals surface area contributed by atoms with Gasteiger partial charge in [0.25, 0.3) is 11.5 Å². The first-order valence-corrected chi connectivity index (χ1v) is 17.7. The Bertz CT molecular complexity index is 1740. The minimum atomic E-state index is -1.64. The number of carbonyl (C=O) groups excluding carboxylic acids is 4. The molecule has 4 rings (SSSR count). The number of benzene rings is 1. The summed E-state index contributed by atoms with van der Waals surface area (Å²) in [5, 5.41) is 20.6. The molecule has 0 saturated carbocycles. The molecule has 51 heavy (non-hydrogen) atoms. The number of thioether (sulfide) groups is 1. The SMILES string of the molecule is Cc1cn([C@@H]2C[C@@H](N=[N+]=[N-])[C@H](COC(=O)CCCC(=O)N[C@@H](Cc3ccccc3)[C@H](O)C(=O)N3CSC[C@H]3C(=O)NC(C)(C)C)O2)c(=O)[nH]c1=O. The highest BCUT2D eigenvalue weighted by Crippen LogP contribution is 2.30. The molecule has 1 aromatic heterocycles. The summed E-state index contributed by atoms with van der Waals surface area (Å²) in [6.07, 6.45) is -1.95. The highest BCUT2D eigenvalue weighted by atomic mass is 32.2. The maximum atomic E-state index is 13.5. The average Bonchev–Trinajstić information content (AvgIpc) is 3.72. The second-order valence-electron chi connectivity index (χ2n) is 13.5. The zero-order valence-corrected chi connectivity index (χ0v) is 29.8. The van der Waals surface area contributed by atoms with Crippen molar-refractivity contribution in [2.75, 3.05) is 18.2 Å². The summed E-state index contributed by atoms with van der Waals surface area (Å²) in [4.78, 5) is 82.5. The maximum absolute atomic E-state index is 13.5. The Morgan fingerprint density at radius 2 is 1.92 bits per heavy atom. The van der Waals surface area contributed by atoms with Gasteiger partial charge in [0.05, 0.1) is 18.0 Å². The van der Waals surface area contributed by atoms with E-state index in [1.807, 2.05) is 26.8 Å². The van der Waals surface area contributed by atoms with Gasteiger partial charge in [-0.3, -0.25) is 33.5 Å². The van der Waals surface area contributed by atoms with Gasteiger partial charge < -0.3 is 30.1 Å². The van der Waals surface area contributed by atoms with E-state index in [9.17, 15) is 33.9 Å². The van der Waals surface area contributed by atoms with E-state index in [-0.39, 0.29) is 56.1 Å². The zero-order chi connectivity index (χ0) is 37.3. The number of esters is 1. The molecule has 0 radical (unpaired) electrons. The number of carbonyl (C=O) groups is 4. The van der Waals surface area contributed by atoms with Crippen molar-refractivity contribution >= 4 is 35.5 Å². The first-order chi connectivity index (χ1) is 24.2. The number of aromatic amines is 1. The van der Waals surface area contributed by atoms with Crippen molar-refractivity contribution in [1.82, 2.24) is 25.1 Å². The summed E-state index contributed by atoms with van der Waals surface area (Å²) in [5.41, 5.74) is 8.31. The van der Waals surface area contributed by atoms with Crippen molar-refractivity contribution < 1.29 is 33.8 Å². The molecule has 3 amide bonds. The molecule has 18 heteroatoms. The number of aliphatic hydroxyl groups is 1. The second-order valence-corrected chi connectivity index (χ2v) is 14.5. The summed E-state index contributed by atoms with van der Waals surface area (Å²) < 4.78 is 12.4. The van der Waals surface area contributed by atoms with Crippen LogP contribution in [0.15, 0.2) is 51.2 Å². The van der Waals surface area contributed by atoms with Crippen LogP contribution >= 0.6 is 11.8 Å². The Kier molecular flexibility index (Phi) is 13.5. The number of nitrogens with one attached hydrogen (secondary N) is 3. The molecule has 0 spiro atoms. The van der Waals surface area contributed by atoms with E-state index >= 15 is 0 Å². The number of aromatic nitrogens is 2. The van der Waals surface area contributed by atoms with Gasteiger partial charge in [-0.25, -0.2) is 4.79 Å². The van der Waals surface area contributed by atoms with Gasteiger partial charge in [0, 0.05) is 47.2 Å². The van der Waals surface area contributed by atoms with Crippen molar-refractivity contribution in [3.63, 3.8) is 0 Å². The van der Waals surface area contributed by atoms with Crippen LogP contribution in [0.4, 0.5) is 0 Å². The largest absolute Gasteiger partial charge is 0.463 e. The Balaban J connectivity index is 1.31. The molecule has 276 valence electrons. The molecule has 4 N–H and O–H groups in total. The lowest BCUT2D eigenvalue weighted by atomic mass is 9.99. The van der Waals surface area contributed by atoms with Crippen molar-refractivity contribution in [3.05, 3.63) is 78.9 Å². The number of H-pyrrole nitrogens is 1. The van der Waals surface area contributed by atoms with Gasteiger partial charge in [-0.15, -0.1) is 11.8 Å². The first-order valence-electron chi connectivity index (χ1n) is 16.6. The Labute approximate surface area is 298 Å². The number of ether oxygens (including phenoxy) is 2. The Morgan fingerprint density at radius 1 is 1.20 bits per heavy atom. The number of azide groups is 1. The molecule has 2 aromatic rings. The van der Waals surface area contributed by atoms with Crippen LogP contribution in [-0.4, -0.2) is 97.4 Å². The van der Waals surface area contributed by atoms with E-state index in [0.29, 0.717) is 5.75 Å². The third kappa shape index (κ3) is 10.9. The van der Waals surface area contributed by atoms with E-state index < -0.39 is 71.1 Å². The summed E-state index contributed by atoms with van der Waals surface area (Å²) in [5.74, 6) is -1.55. The van der Waals surface area contributed by atoms with Gasteiger partial charge in [0.2, 0.25) is 11.8 Å². The van der Waals surface area contributed by atoms with E-state index in [4.69, 9.17) is 15.0 Å². The minimum absolute atomic E-state index is 0.0879. The van der Waals surface area contributed by atoms with Crippen molar-refractivity contribution in [2.24, 2.45) is 5.11 Å². The van der Waals surface area contributed by atoms with Crippen LogP contribution in [0, 0.1) is 6.92 Å². The highest BCUT2D eigenvalue weighted by molar-refractivity contribution is 7.99. The molecule has 0 unspecified atom stereocenters. The molecule has 2 fully saturated rings. The topological polar surface area (TPSA) is 238 Å². The molecule has 17 nitrogen and oxygen atoms in total. The third-order valence-corrected chi connectivity index (χ3v) is 9.31. The lowest BCUT2D eigenvalue weighted by molar-refractivity contribution is -0.148. The molecular formula is C33H44N8O9S. The first kappa shape index (κ1) is 39.2. The second kappa shape index (κ2) is 17.5. The van der Waals surface area contributed by atoms with Crippen LogP contribution in [0.5, 0.6) is 0 Å². The van der Waals surface area contributed by atoms with Crippen molar-refractivity contribution in [2.45, 2.75) is 102 Å². The molecule has 2 aliphatic rings. The van der Waals surface area contributed by atoms with Crippen molar-refractivity contribution in [3.8, 4) is 0 Å². The lowest BCUT2D eigenvalue weighted by Gasteiger charge is -2.31. The molecular weight excluding hydrogens is 684 g/mol. The van der Waals surface area contributed by atoms with Gasteiger partial charge in [-0.2, -0.15) is 0 Å². The number of aliphatic hydroxyl groups excluding tert-OH is 1. The van der Waals surface area contributed by atoms with E-state index in [2.05, 4.69) is 25.6 Å². The van der Waals surface area contributed by atoms with Gasteiger partial charge in [-0.05, 0) is 51.6 Å². The Hall–Kier alpha value is -4.64. The smallest absolute Gasteiger partial charge is 0.330 e. The van der Waals surface area contributed by atoms with Crippen molar-refractivity contribution in [1.29, 1.82) is 0 Å². The predicted octanol–water partition coefficient (Wildman–Crippen LogP) is 1.43. The van der Waals surface area contributed by atoms with E-state index in [1.54, 1.807) is 24.3 Å². The van der Waals surface area contributed by atoms with Crippen LogP contribution in [-0.2, 0) is 35.1 Å². The van der Waals surface area contributed by atoms with Gasteiger partial charge >= 0.3 is 11.7 Å². The molecule has 0 bridgehead atoms. The monoisotopic (exact) mass is 728 g/mol. The maximum Gasteiger partial charge on any atom is 0.330 e. The molecule has 3 heterocycles. The summed E-state index contributed by atoms with van der Waals surface area (Å²) >= 11 is 1.40. The number of hydrogen-bond acceptors (Lipinski definition) is 11. The van der Waals surface area contributed by atoms with E-state index in [0.717, 1.165) is 5.56 Å². The fourth-order valence-corrected chi connectivity index (χ4v) is 6.89. The average molecular weight is 729 g/mol. The molecule has 2 saturated heterocycles. The van der Waals surface area contributed by atoms with Gasteiger partial charge in [0.15, 0.2) is 6.10 Å². The van der Waals surface area contributed by atoms with Crippen LogP contribution < -0.4 is 21.9 Å². The van der Waals surface area contributed by atoms with Crippen LogP contribution in [0.3, 0.4) is 0 Å². The molecule has 6 atom stereocenters. The number of nitrogens with zero attached hydrogens (tertiary/aromatic N) is 5. The standard InChI is InChI=1S/C33H44N8O9S/c1-19-15-40(32(48)36-29(19)45)26-14-21(38-39-34)24(50-26)16-49-27(43)12-8-11-25(42)35-22(13-20-9-6-5-7-10-20)28(44)31(47)41-18-51-17-23(41)30(46)37-33(2,3)4/h5-7,9-10,15,21-24,26,28,44H,8,11-14,16-18H2,1-4H3,(H,35,42)(H,37,46)(H,36,45,48)/t21-,22+,23+,24+,26+,28+/m1/s1. The number of hydrogen-bond donors (Lipinski definition) is 4. The Morgan fingerprint density at radius 3 is 2.61 bits per heavy atom. The van der Waals surface area contributed by atoms with E-state index in [1.165, 1.54) is 34.3 Å². The summed E-state index contributed by atoms with van der Waals surface area (Å²) in [6.45, 7) is 6.75. The van der Waals surface area contributed by atoms with Gasteiger partial charge in [-0.1, -0.05) is 35.4 Å². The van der Waals surface area contributed by atoms with Crippen LogP contribution in [0.25, 0.3) is 10.4 Å². The molecule has 0 aliphatic carbocycles. The fraction of sp³-hybridized carbons (Fsp3) is 0.576. The number of aryl methyl sites for hydroxylation is 1. The van der Waals surface area contributed by atoms with Gasteiger partial charge in [0.1, 0.15) is 25.0 Å². The number of amides is 3. The van der Waals surface area contributed by atoms with Crippen LogP contribution in [0.2, 0.25) is 0 Å². The zero-order valence-electron chi connectivity index (χ0n) is 28.9. The van der Waals surface area contributed by atoms with Crippen LogP contribution in [0.1, 0.15) is 63.8 Å². The lowest BCUT2D eigenvalue weighted by Crippen LogP contribution is -2.57. The predicted molar refractivity (Wildman–Crippen MR) is 186 cm³/mol. The summed E-state index contributed by atoms with van der Waals surface area (Å²) in [6, 6.07) is 6.49. The summed E-state index contributed by atoms with van der Waals surface area (Å²) in [7, 11) is 0. The molecule has 2 aliphatic heterocycles.